The van der Waals surface area contributed by atoms with Gasteiger partial charge < -0.3 is 20.1 Å². The van der Waals surface area contributed by atoms with E-state index in [9.17, 15) is 35.9 Å². The molecule has 34 heavy (non-hydrogen) atoms. The van der Waals surface area contributed by atoms with Gasteiger partial charge >= 0.3 is 6.18 Å². The number of aromatic nitrogens is 3. The topological polar surface area (TPSA) is 97.4 Å². The van der Waals surface area contributed by atoms with Crippen LogP contribution < -0.4 is 5.73 Å². The van der Waals surface area contributed by atoms with Crippen LogP contribution in [-0.4, -0.2) is 63.1 Å². The molecule has 1 aromatic heterocycles. The van der Waals surface area contributed by atoms with Crippen LogP contribution in [0.25, 0.3) is 0 Å². The third kappa shape index (κ3) is 5.32. The molecule has 2 N–H and O–H groups in total. The lowest BCUT2D eigenvalue weighted by atomic mass is 10.0. The second-order valence-corrected chi connectivity index (χ2v) is 8.15. The lowest BCUT2D eigenvalue weighted by Crippen LogP contribution is -2.46. The predicted octanol–water partition coefficient (Wildman–Crippen LogP) is 2.04. The Kier molecular flexibility index (Phi) is 7.19. The van der Waals surface area contributed by atoms with Crippen molar-refractivity contribution in [2.75, 3.05) is 20.6 Å². The summed E-state index contributed by atoms with van der Waals surface area (Å²) in [4.78, 5) is 27.7. The van der Waals surface area contributed by atoms with Crippen molar-refractivity contribution in [2.45, 2.75) is 44.1 Å². The van der Waals surface area contributed by atoms with Gasteiger partial charge in [0.2, 0.25) is 17.6 Å². The van der Waals surface area contributed by atoms with E-state index in [-0.39, 0.29) is 43.7 Å². The van der Waals surface area contributed by atoms with Gasteiger partial charge in [-0.15, -0.1) is 10.2 Å². The molecule has 186 valence electrons. The minimum atomic E-state index is -4.77. The van der Waals surface area contributed by atoms with Gasteiger partial charge in [0, 0.05) is 45.7 Å². The molecule has 0 saturated carbocycles. The van der Waals surface area contributed by atoms with Crippen molar-refractivity contribution in [1.29, 1.82) is 0 Å². The molecule has 2 heterocycles. The maximum atomic E-state index is 13.9. The van der Waals surface area contributed by atoms with Crippen molar-refractivity contribution in [1.82, 2.24) is 24.6 Å². The minimum Gasteiger partial charge on any atom is -0.349 e. The second kappa shape index (κ2) is 9.60. The Balaban J connectivity index is 1.82. The third-order valence-corrected chi connectivity index (χ3v) is 5.47. The molecule has 3 rings (SSSR count). The smallest absolute Gasteiger partial charge is 0.349 e. The summed E-state index contributed by atoms with van der Waals surface area (Å²) in [5.74, 6) is -6.16. The summed E-state index contributed by atoms with van der Waals surface area (Å²) in [5, 5.41) is 6.80. The molecule has 14 heteroatoms. The van der Waals surface area contributed by atoms with Crippen LogP contribution in [0.1, 0.15) is 36.1 Å². The van der Waals surface area contributed by atoms with E-state index in [1.54, 1.807) is 0 Å². The van der Waals surface area contributed by atoms with Crippen molar-refractivity contribution < 1.29 is 35.9 Å². The molecule has 0 spiro atoms. The number of carbonyl (C=O) groups excluding carboxylic acids is 2. The van der Waals surface area contributed by atoms with Crippen LogP contribution in [0.15, 0.2) is 12.1 Å². The first-order valence-corrected chi connectivity index (χ1v) is 10.2. The van der Waals surface area contributed by atoms with Crippen molar-refractivity contribution in [3.8, 4) is 0 Å². The molecule has 0 saturated heterocycles. The zero-order valence-corrected chi connectivity index (χ0v) is 18.2. The van der Waals surface area contributed by atoms with Gasteiger partial charge in [-0.1, -0.05) is 0 Å². The number of carbonyl (C=O) groups is 2. The van der Waals surface area contributed by atoms with E-state index < -0.39 is 53.4 Å². The average molecular weight is 492 g/mol. The molecular weight excluding hydrogens is 470 g/mol. The average Bonchev–Trinajstić information content (AvgIpc) is 3.17. The normalized spacial score (nSPS) is 16.9. The molecular formula is C20H22F6N6O2. The lowest BCUT2D eigenvalue weighted by molar-refractivity contribution is -0.148. The van der Waals surface area contributed by atoms with Gasteiger partial charge in [0.25, 0.3) is 0 Å². The lowest BCUT2D eigenvalue weighted by Gasteiger charge is -2.36. The maximum absolute atomic E-state index is 13.9. The predicted molar refractivity (Wildman–Crippen MR) is 105 cm³/mol. The number of amides is 2. The summed E-state index contributed by atoms with van der Waals surface area (Å²) in [6, 6.07) is -1.12. The quantitative estimate of drug-likeness (QED) is 0.492. The minimum absolute atomic E-state index is 0.176. The summed E-state index contributed by atoms with van der Waals surface area (Å²) in [7, 11) is 2.91. The van der Waals surface area contributed by atoms with Gasteiger partial charge in [-0.05, 0) is 18.1 Å². The highest BCUT2D eigenvalue weighted by atomic mass is 19.4. The number of nitrogens with zero attached hydrogens (tertiary/aromatic N) is 5. The van der Waals surface area contributed by atoms with Gasteiger partial charge in [0.15, 0.2) is 17.5 Å². The molecule has 0 fully saturated rings. The number of hydrogen-bond donors (Lipinski definition) is 1. The molecule has 2 amide bonds. The Morgan fingerprint density at radius 1 is 1.12 bits per heavy atom. The largest absolute Gasteiger partial charge is 0.451 e. The first-order valence-electron chi connectivity index (χ1n) is 10.2. The molecule has 2 atom stereocenters. The number of alkyl halides is 3. The van der Waals surface area contributed by atoms with Gasteiger partial charge in [-0.2, -0.15) is 13.2 Å². The fourth-order valence-corrected chi connectivity index (χ4v) is 3.76. The number of benzene rings is 1. The van der Waals surface area contributed by atoms with Crippen molar-refractivity contribution in [3.63, 3.8) is 0 Å². The van der Waals surface area contributed by atoms with Crippen molar-refractivity contribution in [3.05, 3.63) is 46.8 Å². The highest BCUT2D eigenvalue weighted by Crippen LogP contribution is 2.34. The molecule has 1 aliphatic heterocycles. The summed E-state index contributed by atoms with van der Waals surface area (Å²) >= 11 is 0. The Morgan fingerprint density at radius 3 is 2.38 bits per heavy atom. The van der Waals surface area contributed by atoms with Crippen LogP contribution >= 0.6 is 0 Å². The van der Waals surface area contributed by atoms with Crippen LogP contribution in [0.3, 0.4) is 0 Å². The number of nitrogens with two attached hydrogens (primary N) is 1. The van der Waals surface area contributed by atoms with Crippen LogP contribution in [0.4, 0.5) is 26.3 Å². The Morgan fingerprint density at radius 2 is 1.76 bits per heavy atom. The zero-order valence-electron chi connectivity index (χ0n) is 18.2. The highest BCUT2D eigenvalue weighted by molar-refractivity contribution is 5.80. The molecule has 0 bridgehead atoms. The number of halogens is 6. The van der Waals surface area contributed by atoms with Crippen molar-refractivity contribution >= 4 is 11.8 Å². The van der Waals surface area contributed by atoms with E-state index in [1.165, 1.54) is 23.9 Å². The molecule has 8 nitrogen and oxygen atoms in total. The van der Waals surface area contributed by atoms with E-state index in [0.717, 1.165) is 4.57 Å². The monoisotopic (exact) mass is 492 g/mol. The molecule has 1 aromatic carbocycles. The molecule has 0 unspecified atom stereocenters. The number of fused-ring (bicyclic) bond motifs is 1. The SMILES string of the molecule is CN(C)C(=O)C[C@H]1c2nnc(C(F)(F)F)n2CCN1C(=O)C[C@H](N)Cc1cc(F)c(F)cc1F. The van der Waals surface area contributed by atoms with E-state index in [1.807, 2.05) is 0 Å². The fourth-order valence-electron chi connectivity index (χ4n) is 3.76. The first-order chi connectivity index (χ1) is 15.8. The summed E-state index contributed by atoms with van der Waals surface area (Å²) in [5.41, 5.74) is 5.70. The maximum Gasteiger partial charge on any atom is 0.451 e. The summed E-state index contributed by atoms with van der Waals surface area (Å²) in [6.45, 7) is -0.437. The van der Waals surface area contributed by atoms with Crippen molar-refractivity contribution in [2.24, 2.45) is 5.73 Å². The van der Waals surface area contributed by atoms with E-state index >= 15 is 0 Å². The fraction of sp³-hybridized carbons (Fsp3) is 0.500. The number of rotatable bonds is 6. The highest BCUT2D eigenvalue weighted by Gasteiger charge is 2.43. The Labute approximate surface area is 190 Å². The zero-order chi connectivity index (χ0) is 25.4. The third-order valence-electron chi connectivity index (χ3n) is 5.47. The Bertz CT molecular complexity index is 1090. The molecule has 1 aliphatic rings. The summed E-state index contributed by atoms with van der Waals surface area (Å²) < 4.78 is 81.1. The molecule has 0 aliphatic carbocycles. The van der Waals surface area contributed by atoms with Crippen LogP contribution in [-0.2, 0) is 28.7 Å². The van der Waals surface area contributed by atoms with E-state index in [4.69, 9.17) is 5.73 Å². The summed E-state index contributed by atoms with van der Waals surface area (Å²) in [6.07, 6.45) is -5.80. The van der Waals surface area contributed by atoms with Gasteiger partial charge in [0.05, 0.1) is 6.42 Å². The molecule has 0 radical (unpaired) electrons. The standard InChI is InChI=1S/C20H22F6N6O2/c1-30(2)16(33)9-15-18-28-29-19(20(24,25)26)32(18)4-3-31(15)17(34)7-11(27)5-10-6-13(22)14(23)8-12(10)21/h6,8,11,15H,3-5,7,9,27H2,1-2H3/t11-,15+/m1/s1. The second-order valence-electron chi connectivity index (χ2n) is 8.15. The Hall–Kier alpha value is -3.16. The number of hydrogen-bond acceptors (Lipinski definition) is 5. The van der Waals surface area contributed by atoms with Gasteiger partial charge in [-0.3, -0.25) is 9.59 Å². The van der Waals surface area contributed by atoms with Crippen LogP contribution in [0.5, 0.6) is 0 Å². The first kappa shape index (κ1) is 25.5. The van der Waals surface area contributed by atoms with E-state index in [2.05, 4.69) is 10.2 Å². The molecule has 2 aromatic rings. The van der Waals surface area contributed by atoms with Crippen LogP contribution in [0, 0.1) is 17.5 Å². The van der Waals surface area contributed by atoms with E-state index in [0.29, 0.717) is 12.1 Å². The van der Waals surface area contributed by atoms with Gasteiger partial charge in [-0.25, -0.2) is 13.2 Å². The van der Waals surface area contributed by atoms with Gasteiger partial charge in [0.1, 0.15) is 11.9 Å². The van der Waals surface area contributed by atoms with Crippen LogP contribution in [0.2, 0.25) is 0 Å².